The molecule has 0 spiro atoms. The standard InChI is InChI=1S/C15H11BrClF3O/c1-21-11-6-7-12(13(16)8-11)14(17)9-2-4-10(5-3-9)15(18,19)20/h2-8,14H,1H3. The van der Waals surface area contributed by atoms with Gasteiger partial charge in [0.15, 0.2) is 0 Å². The molecule has 1 atom stereocenters. The minimum Gasteiger partial charge on any atom is -0.497 e. The van der Waals surface area contributed by atoms with Gasteiger partial charge in [-0.3, -0.25) is 0 Å². The molecular formula is C15H11BrClF3O. The van der Waals surface area contributed by atoms with E-state index in [9.17, 15) is 13.2 Å². The number of ether oxygens (including phenoxy) is 1. The lowest BCUT2D eigenvalue weighted by molar-refractivity contribution is -0.137. The summed E-state index contributed by atoms with van der Waals surface area (Å²) in [6.45, 7) is 0. The molecule has 0 radical (unpaired) electrons. The molecule has 0 amide bonds. The molecule has 21 heavy (non-hydrogen) atoms. The number of methoxy groups -OCH3 is 1. The summed E-state index contributed by atoms with van der Waals surface area (Å²) in [5.74, 6) is 0.668. The molecule has 2 aromatic rings. The van der Waals surface area contributed by atoms with Gasteiger partial charge >= 0.3 is 6.18 Å². The van der Waals surface area contributed by atoms with Crippen molar-refractivity contribution in [2.24, 2.45) is 0 Å². The lowest BCUT2D eigenvalue weighted by Gasteiger charge is -2.14. The average molecular weight is 380 g/mol. The Balaban J connectivity index is 2.30. The molecule has 0 bridgehead atoms. The van der Waals surface area contributed by atoms with Gasteiger partial charge in [0.25, 0.3) is 0 Å². The van der Waals surface area contributed by atoms with E-state index in [2.05, 4.69) is 15.9 Å². The Bertz CT molecular complexity index is 626. The van der Waals surface area contributed by atoms with Crippen molar-refractivity contribution < 1.29 is 17.9 Å². The van der Waals surface area contributed by atoms with E-state index in [1.54, 1.807) is 25.3 Å². The third-order valence-corrected chi connectivity index (χ3v) is 4.19. The molecule has 0 heterocycles. The minimum atomic E-state index is -4.35. The first kappa shape index (κ1) is 16.2. The number of hydrogen-bond donors (Lipinski definition) is 0. The molecule has 0 saturated heterocycles. The zero-order chi connectivity index (χ0) is 15.6. The van der Waals surface area contributed by atoms with E-state index in [1.165, 1.54) is 12.1 Å². The van der Waals surface area contributed by atoms with Crippen LogP contribution in [0.2, 0.25) is 0 Å². The molecule has 0 aromatic heterocycles. The summed E-state index contributed by atoms with van der Waals surface area (Å²) >= 11 is 9.73. The summed E-state index contributed by atoms with van der Waals surface area (Å²) in [5.41, 5.74) is 0.664. The van der Waals surface area contributed by atoms with E-state index in [4.69, 9.17) is 16.3 Å². The maximum Gasteiger partial charge on any atom is 0.416 e. The minimum absolute atomic E-state index is 0.549. The summed E-state index contributed by atoms with van der Waals surface area (Å²) in [4.78, 5) is 0. The normalized spacial score (nSPS) is 13.0. The number of benzene rings is 2. The Labute approximate surface area is 133 Å². The number of hydrogen-bond acceptors (Lipinski definition) is 1. The first-order chi connectivity index (χ1) is 9.82. The Morgan fingerprint density at radius 2 is 1.71 bits per heavy atom. The van der Waals surface area contributed by atoms with Crippen LogP contribution in [0.1, 0.15) is 22.1 Å². The van der Waals surface area contributed by atoms with Gasteiger partial charge in [-0.25, -0.2) is 0 Å². The van der Waals surface area contributed by atoms with Crippen LogP contribution in [0.5, 0.6) is 5.75 Å². The molecule has 0 aliphatic rings. The second-order valence-electron chi connectivity index (χ2n) is 4.37. The molecule has 0 aliphatic carbocycles. The van der Waals surface area contributed by atoms with Gasteiger partial charge in [-0.1, -0.05) is 34.1 Å². The third-order valence-electron chi connectivity index (χ3n) is 3.01. The quantitative estimate of drug-likeness (QED) is 0.612. The van der Waals surface area contributed by atoms with Gasteiger partial charge in [-0.15, -0.1) is 11.6 Å². The summed E-state index contributed by atoms with van der Waals surface area (Å²) in [5, 5.41) is -0.549. The van der Waals surface area contributed by atoms with Crippen LogP contribution in [0.3, 0.4) is 0 Å². The van der Waals surface area contributed by atoms with Gasteiger partial charge in [0.05, 0.1) is 18.1 Å². The first-order valence-corrected chi connectivity index (χ1v) is 7.20. The van der Waals surface area contributed by atoms with E-state index in [0.717, 1.165) is 22.2 Å². The zero-order valence-electron chi connectivity index (χ0n) is 10.9. The van der Waals surface area contributed by atoms with E-state index in [1.807, 2.05) is 0 Å². The fourth-order valence-corrected chi connectivity index (χ4v) is 2.92. The van der Waals surface area contributed by atoms with Gasteiger partial charge in [0.2, 0.25) is 0 Å². The van der Waals surface area contributed by atoms with E-state index < -0.39 is 17.1 Å². The van der Waals surface area contributed by atoms with E-state index in [-0.39, 0.29) is 0 Å². The topological polar surface area (TPSA) is 9.23 Å². The average Bonchev–Trinajstić information content (AvgIpc) is 2.45. The van der Waals surface area contributed by atoms with Crippen molar-refractivity contribution in [1.82, 2.24) is 0 Å². The van der Waals surface area contributed by atoms with Crippen molar-refractivity contribution in [3.8, 4) is 5.75 Å². The molecule has 0 N–H and O–H groups in total. The lowest BCUT2D eigenvalue weighted by Crippen LogP contribution is -2.05. The summed E-state index contributed by atoms with van der Waals surface area (Å²) in [6.07, 6.45) is -4.35. The molecule has 1 unspecified atom stereocenters. The second kappa shape index (κ2) is 6.28. The van der Waals surface area contributed by atoms with Crippen molar-refractivity contribution in [1.29, 1.82) is 0 Å². The SMILES string of the molecule is COc1ccc(C(Cl)c2ccc(C(F)(F)F)cc2)c(Br)c1. The van der Waals surface area contributed by atoms with Gasteiger partial charge in [0.1, 0.15) is 5.75 Å². The Morgan fingerprint density at radius 1 is 1.10 bits per heavy atom. The molecule has 112 valence electrons. The third kappa shape index (κ3) is 3.71. The summed E-state index contributed by atoms with van der Waals surface area (Å²) < 4.78 is 43.4. The molecule has 0 aliphatic heterocycles. The highest BCUT2D eigenvalue weighted by atomic mass is 79.9. The molecular weight excluding hydrogens is 369 g/mol. The first-order valence-electron chi connectivity index (χ1n) is 5.97. The summed E-state index contributed by atoms with van der Waals surface area (Å²) in [7, 11) is 1.55. The maximum absolute atomic E-state index is 12.5. The molecule has 6 heteroatoms. The predicted molar refractivity (Wildman–Crippen MR) is 79.8 cm³/mol. The van der Waals surface area contributed by atoms with Crippen molar-refractivity contribution in [3.63, 3.8) is 0 Å². The zero-order valence-corrected chi connectivity index (χ0v) is 13.3. The van der Waals surface area contributed by atoms with Crippen LogP contribution < -0.4 is 4.74 Å². The van der Waals surface area contributed by atoms with Crippen LogP contribution >= 0.6 is 27.5 Å². The van der Waals surface area contributed by atoms with Crippen molar-refractivity contribution >= 4 is 27.5 Å². The van der Waals surface area contributed by atoms with Crippen molar-refractivity contribution in [2.75, 3.05) is 7.11 Å². The predicted octanol–water partition coefficient (Wildman–Crippen LogP) is 5.80. The van der Waals surface area contributed by atoms with Gasteiger partial charge in [-0.05, 0) is 35.4 Å². The van der Waals surface area contributed by atoms with E-state index >= 15 is 0 Å². The second-order valence-corrected chi connectivity index (χ2v) is 5.66. The van der Waals surface area contributed by atoms with Crippen LogP contribution in [-0.2, 0) is 6.18 Å². The molecule has 0 saturated carbocycles. The van der Waals surface area contributed by atoms with Gasteiger partial charge in [-0.2, -0.15) is 13.2 Å². The Morgan fingerprint density at radius 3 is 2.19 bits per heavy atom. The van der Waals surface area contributed by atoms with Crippen LogP contribution in [0.15, 0.2) is 46.9 Å². The van der Waals surface area contributed by atoms with E-state index in [0.29, 0.717) is 11.3 Å². The number of halogens is 5. The number of alkyl halides is 4. The Hall–Kier alpha value is -1.20. The fourth-order valence-electron chi connectivity index (χ4n) is 1.86. The lowest BCUT2D eigenvalue weighted by atomic mass is 10.0. The van der Waals surface area contributed by atoms with Crippen LogP contribution in [0, 0.1) is 0 Å². The molecule has 1 nitrogen and oxygen atoms in total. The fraction of sp³-hybridized carbons (Fsp3) is 0.200. The smallest absolute Gasteiger partial charge is 0.416 e. The molecule has 2 aromatic carbocycles. The van der Waals surface area contributed by atoms with Crippen molar-refractivity contribution in [2.45, 2.75) is 11.6 Å². The molecule has 2 rings (SSSR count). The summed E-state index contributed by atoms with van der Waals surface area (Å²) in [6, 6.07) is 10.1. The maximum atomic E-state index is 12.5. The highest BCUT2D eigenvalue weighted by molar-refractivity contribution is 9.10. The highest BCUT2D eigenvalue weighted by Crippen LogP contribution is 2.37. The van der Waals surface area contributed by atoms with Crippen LogP contribution in [0.25, 0.3) is 0 Å². The van der Waals surface area contributed by atoms with Gasteiger partial charge < -0.3 is 4.74 Å². The van der Waals surface area contributed by atoms with Gasteiger partial charge in [0, 0.05) is 4.47 Å². The molecule has 0 fully saturated rings. The highest BCUT2D eigenvalue weighted by Gasteiger charge is 2.30. The number of rotatable bonds is 3. The van der Waals surface area contributed by atoms with Crippen molar-refractivity contribution in [3.05, 3.63) is 63.6 Å². The monoisotopic (exact) mass is 378 g/mol. The van der Waals surface area contributed by atoms with Crippen LogP contribution in [-0.4, -0.2) is 7.11 Å². The van der Waals surface area contributed by atoms with Crippen LogP contribution in [0.4, 0.5) is 13.2 Å². The largest absolute Gasteiger partial charge is 0.497 e. The Kier molecular flexibility index (Phi) is 4.84.